The number of nitrogens with one attached hydrogen (secondary N) is 2. The molecule has 2 unspecified atom stereocenters. The lowest BCUT2D eigenvalue weighted by atomic mass is 9.79. The Balaban J connectivity index is 1.61. The molecule has 6 heteroatoms. The van der Waals surface area contributed by atoms with Gasteiger partial charge in [0.2, 0.25) is 0 Å². The van der Waals surface area contributed by atoms with Crippen LogP contribution in [0.1, 0.15) is 67.5 Å². The van der Waals surface area contributed by atoms with Crippen LogP contribution in [0.25, 0.3) is 0 Å². The first-order valence-corrected chi connectivity index (χ1v) is 7.83. The average Bonchev–Trinajstić information content (AvgIpc) is 3.19. The summed E-state index contributed by atoms with van der Waals surface area (Å²) in [6.07, 6.45) is 5.82. The quantitative estimate of drug-likeness (QED) is 0.675. The van der Waals surface area contributed by atoms with E-state index in [9.17, 15) is 9.90 Å². The van der Waals surface area contributed by atoms with Crippen molar-refractivity contribution in [2.45, 2.75) is 57.0 Å². The van der Waals surface area contributed by atoms with Crippen LogP contribution >= 0.6 is 0 Å². The number of aromatic amines is 1. The lowest BCUT2D eigenvalue weighted by Crippen LogP contribution is -2.46. The Bertz CT molecular complexity index is 538. The number of anilines is 1. The molecule has 6 nitrogen and oxygen atoms in total. The Kier molecular flexibility index (Phi) is 3.65. The summed E-state index contributed by atoms with van der Waals surface area (Å²) < 4.78 is 0. The molecule has 5 N–H and O–H groups in total. The van der Waals surface area contributed by atoms with Crippen LogP contribution in [0.15, 0.2) is 0 Å². The Hall–Kier alpha value is -1.56. The number of nitrogen functional groups attached to an aromatic ring is 1. The summed E-state index contributed by atoms with van der Waals surface area (Å²) in [6.45, 7) is 2.40. The van der Waals surface area contributed by atoms with Crippen LogP contribution in [0.3, 0.4) is 0 Å². The van der Waals surface area contributed by atoms with Gasteiger partial charge in [0.05, 0.1) is 17.0 Å². The summed E-state index contributed by atoms with van der Waals surface area (Å²) in [5.41, 5.74) is 6.79. The van der Waals surface area contributed by atoms with E-state index in [4.69, 9.17) is 5.73 Å². The van der Waals surface area contributed by atoms with E-state index in [1.165, 1.54) is 0 Å². The number of nitrogens with two attached hydrogens (primary N) is 1. The van der Waals surface area contributed by atoms with E-state index in [0.29, 0.717) is 17.5 Å². The van der Waals surface area contributed by atoms with Gasteiger partial charge in [0.1, 0.15) is 0 Å². The van der Waals surface area contributed by atoms with Gasteiger partial charge < -0.3 is 16.2 Å². The van der Waals surface area contributed by atoms with Crippen molar-refractivity contribution >= 4 is 11.6 Å². The molecule has 0 saturated heterocycles. The zero-order chi connectivity index (χ0) is 15.0. The number of hydrogen-bond acceptors (Lipinski definition) is 4. The molecule has 1 amide bonds. The first-order chi connectivity index (χ1) is 9.98. The summed E-state index contributed by atoms with van der Waals surface area (Å²) in [4.78, 5) is 12.2. The van der Waals surface area contributed by atoms with E-state index in [0.717, 1.165) is 44.2 Å². The van der Waals surface area contributed by atoms with Crippen LogP contribution in [-0.2, 0) is 0 Å². The monoisotopic (exact) mass is 292 g/mol. The van der Waals surface area contributed by atoms with Crippen LogP contribution in [0.2, 0.25) is 0 Å². The van der Waals surface area contributed by atoms with Crippen molar-refractivity contribution in [3.63, 3.8) is 0 Å². The molecule has 0 aliphatic heterocycles. The number of H-pyrrole nitrogens is 1. The van der Waals surface area contributed by atoms with Crippen molar-refractivity contribution in [2.24, 2.45) is 5.92 Å². The molecule has 0 radical (unpaired) electrons. The second-order valence-electron chi connectivity index (χ2n) is 6.78. The first-order valence-electron chi connectivity index (χ1n) is 7.83. The number of amides is 1. The standard InChI is InChI=1S/C15H24N4O2/c1-9-3-2-6-15(21,7-9)8-17-14(20)13-11(16)12(18-19-13)10-4-5-10/h9-10,21H,2-8,16H2,1H3,(H,17,20)(H,18,19). The van der Waals surface area contributed by atoms with Crippen molar-refractivity contribution < 1.29 is 9.90 Å². The Labute approximate surface area is 124 Å². The highest BCUT2D eigenvalue weighted by Gasteiger charge is 2.34. The van der Waals surface area contributed by atoms with Crippen molar-refractivity contribution in [1.29, 1.82) is 0 Å². The van der Waals surface area contributed by atoms with Gasteiger partial charge in [-0.2, -0.15) is 5.10 Å². The highest BCUT2D eigenvalue weighted by Crippen LogP contribution is 2.42. The fourth-order valence-corrected chi connectivity index (χ4v) is 3.34. The molecule has 1 aromatic heterocycles. The minimum absolute atomic E-state index is 0.254. The predicted molar refractivity (Wildman–Crippen MR) is 79.9 cm³/mol. The lowest BCUT2D eigenvalue weighted by molar-refractivity contribution is -0.0109. The van der Waals surface area contributed by atoms with Gasteiger partial charge in [0.15, 0.2) is 5.69 Å². The van der Waals surface area contributed by atoms with Crippen molar-refractivity contribution in [1.82, 2.24) is 15.5 Å². The molecule has 2 saturated carbocycles. The highest BCUT2D eigenvalue weighted by atomic mass is 16.3. The number of nitrogens with zero attached hydrogens (tertiary/aromatic N) is 1. The molecule has 0 aromatic carbocycles. The Morgan fingerprint density at radius 1 is 1.52 bits per heavy atom. The molecule has 116 valence electrons. The summed E-state index contributed by atoms with van der Waals surface area (Å²) in [7, 11) is 0. The molecule has 2 fully saturated rings. The number of aromatic nitrogens is 2. The summed E-state index contributed by atoms with van der Waals surface area (Å²) in [5, 5.41) is 20.2. The van der Waals surface area contributed by atoms with E-state index < -0.39 is 5.60 Å². The second kappa shape index (κ2) is 5.33. The summed E-state index contributed by atoms with van der Waals surface area (Å²) in [5.74, 6) is 0.627. The van der Waals surface area contributed by atoms with Crippen molar-refractivity contribution in [3.8, 4) is 0 Å². The van der Waals surface area contributed by atoms with E-state index in [1.54, 1.807) is 0 Å². The van der Waals surface area contributed by atoms with Crippen LogP contribution in [0.5, 0.6) is 0 Å². The van der Waals surface area contributed by atoms with E-state index >= 15 is 0 Å². The molecule has 21 heavy (non-hydrogen) atoms. The van der Waals surface area contributed by atoms with Crippen LogP contribution in [0.4, 0.5) is 5.69 Å². The normalized spacial score (nSPS) is 29.3. The van der Waals surface area contributed by atoms with E-state index in [-0.39, 0.29) is 18.1 Å². The van der Waals surface area contributed by atoms with Crippen molar-refractivity contribution in [3.05, 3.63) is 11.4 Å². The topological polar surface area (TPSA) is 104 Å². The SMILES string of the molecule is CC1CCCC(O)(CNC(=O)c2n[nH]c(C3CC3)c2N)C1. The molecule has 1 aromatic rings. The fraction of sp³-hybridized carbons (Fsp3) is 0.733. The zero-order valence-electron chi connectivity index (χ0n) is 12.5. The fourth-order valence-electron chi connectivity index (χ4n) is 3.34. The van der Waals surface area contributed by atoms with Gasteiger partial charge >= 0.3 is 0 Å². The van der Waals surface area contributed by atoms with Gasteiger partial charge in [-0.1, -0.05) is 19.8 Å². The highest BCUT2D eigenvalue weighted by molar-refractivity contribution is 5.97. The maximum atomic E-state index is 12.2. The zero-order valence-corrected chi connectivity index (χ0v) is 12.5. The lowest BCUT2D eigenvalue weighted by Gasteiger charge is -2.35. The smallest absolute Gasteiger partial charge is 0.274 e. The maximum Gasteiger partial charge on any atom is 0.274 e. The number of hydrogen-bond donors (Lipinski definition) is 4. The molecular formula is C15H24N4O2. The average molecular weight is 292 g/mol. The molecular weight excluding hydrogens is 268 g/mol. The van der Waals surface area contributed by atoms with Crippen molar-refractivity contribution in [2.75, 3.05) is 12.3 Å². The second-order valence-corrected chi connectivity index (χ2v) is 6.78. The minimum atomic E-state index is -0.794. The van der Waals surface area contributed by atoms with Crippen LogP contribution < -0.4 is 11.1 Å². The largest absolute Gasteiger partial charge is 0.395 e. The third-order valence-electron chi connectivity index (χ3n) is 4.68. The van der Waals surface area contributed by atoms with E-state index in [2.05, 4.69) is 22.4 Å². The number of rotatable bonds is 4. The molecule has 2 aliphatic rings. The molecule has 2 aliphatic carbocycles. The number of aliphatic hydroxyl groups is 1. The first kappa shape index (κ1) is 14.4. The van der Waals surface area contributed by atoms with E-state index in [1.807, 2.05) is 0 Å². The summed E-state index contributed by atoms with van der Waals surface area (Å²) in [6, 6.07) is 0. The predicted octanol–water partition coefficient (Wildman–Crippen LogP) is 1.54. The molecule has 0 bridgehead atoms. The Morgan fingerprint density at radius 3 is 2.95 bits per heavy atom. The summed E-state index contributed by atoms with van der Waals surface area (Å²) >= 11 is 0. The molecule has 0 spiro atoms. The van der Waals surface area contributed by atoms with Gasteiger partial charge in [0.25, 0.3) is 5.91 Å². The molecule has 3 rings (SSSR count). The van der Waals surface area contributed by atoms with Crippen LogP contribution in [-0.4, -0.2) is 33.4 Å². The third kappa shape index (κ3) is 3.05. The van der Waals surface area contributed by atoms with Gasteiger partial charge in [-0.15, -0.1) is 0 Å². The van der Waals surface area contributed by atoms with Gasteiger partial charge in [0, 0.05) is 12.5 Å². The van der Waals surface area contributed by atoms with Crippen LogP contribution in [0, 0.1) is 5.92 Å². The minimum Gasteiger partial charge on any atom is -0.395 e. The third-order valence-corrected chi connectivity index (χ3v) is 4.68. The maximum absolute atomic E-state index is 12.2. The molecule has 2 atom stereocenters. The number of carbonyl (C=O) groups is 1. The van der Waals surface area contributed by atoms with Gasteiger partial charge in [-0.25, -0.2) is 0 Å². The number of carbonyl (C=O) groups excluding carboxylic acids is 1. The molecule has 1 heterocycles. The van der Waals surface area contributed by atoms with Gasteiger partial charge in [-0.3, -0.25) is 9.89 Å². The van der Waals surface area contributed by atoms with Gasteiger partial charge in [-0.05, 0) is 31.6 Å². The Morgan fingerprint density at radius 2 is 2.29 bits per heavy atom.